The van der Waals surface area contributed by atoms with Gasteiger partial charge in [0.2, 0.25) is 17.4 Å². The number of hydrogen-bond donors (Lipinski definition) is 2. The fourth-order valence-electron chi connectivity index (χ4n) is 10.6. The Morgan fingerprint density at radius 3 is 2.38 bits per heavy atom. The summed E-state index contributed by atoms with van der Waals surface area (Å²) < 4.78 is 31.2. The van der Waals surface area contributed by atoms with Gasteiger partial charge in [0.1, 0.15) is 23.1 Å². The number of ketones is 2. The highest BCUT2D eigenvalue weighted by Gasteiger charge is 2.89. The molecule has 0 radical (unpaired) electrons. The van der Waals surface area contributed by atoms with Crippen LogP contribution in [0.2, 0.25) is 0 Å². The summed E-state index contributed by atoms with van der Waals surface area (Å²) in [5.74, 6) is -9.96. The second-order valence-corrected chi connectivity index (χ2v) is 14.0. The third-order valence-electron chi connectivity index (χ3n) is 12.1. The van der Waals surface area contributed by atoms with E-state index in [0.29, 0.717) is 6.42 Å². The van der Waals surface area contributed by atoms with Crippen molar-refractivity contribution in [1.82, 2.24) is 0 Å². The number of Topliss-reactive ketones (excluding diaryl/α,β-unsaturated/α-hetero) is 2. The van der Waals surface area contributed by atoms with Crippen LogP contribution in [0, 0.1) is 35.0 Å². The Kier molecular flexibility index (Phi) is 4.20. The van der Waals surface area contributed by atoms with Crippen LogP contribution in [0.15, 0.2) is 0 Å². The molecular formula is C28H34O11. The number of carbonyl (C=O) groups excluding carboxylic acids is 4. The summed E-state index contributed by atoms with van der Waals surface area (Å²) in [7, 11) is 0. The van der Waals surface area contributed by atoms with E-state index < -0.39 is 93.0 Å². The molecule has 8 rings (SSSR count). The molecule has 0 unspecified atom stereocenters. The van der Waals surface area contributed by atoms with Gasteiger partial charge >= 0.3 is 11.9 Å². The summed E-state index contributed by atoms with van der Waals surface area (Å²) in [6.07, 6.45) is -0.260. The van der Waals surface area contributed by atoms with E-state index >= 15 is 0 Å². The van der Waals surface area contributed by atoms with Gasteiger partial charge in [-0.2, -0.15) is 0 Å². The van der Waals surface area contributed by atoms with E-state index in [2.05, 4.69) is 0 Å². The van der Waals surface area contributed by atoms with Crippen LogP contribution in [0.25, 0.3) is 0 Å². The number of aliphatic hydroxyl groups is 2. The smallest absolute Gasteiger partial charge is 0.311 e. The highest BCUT2D eigenvalue weighted by Crippen LogP contribution is 2.74. The Balaban J connectivity index is 1.32. The minimum absolute atomic E-state index is 0.0407. The molecule has 6 aliphatic heterocycles. The number of rotatable bonds is 0. The fourth-order valence-corrected chi connectivity index (χ4v) is 10.6. The van der Waals surface area contributed by atoms with Gasteiger partial charge in [-0.05, 0) is 32.6 Å². The SMILES string of the molecule is C[C@@H]1C(=O)[C@@]2(C)CC[C@]34C[C@]56OC(=O)C[C@H]5O[C@@](C)(O)[C@@H]6CC[C@@]3(O)C(=O)[C@@]3(O[C@]5(C[C@H](C)C(=O)O5)[C@@H]1[C@H]32)O4. The van der Waals surface area contributed by atoms with Crippen molar-refractivity contribution in [2.75, 3.05) is 0 Å². The second-order valence-electron chi connectivity index (χ2n) is 14.0. The van der Waals surface area contributed by atoms with Gasteiger partial charge in [-0.25, -0.2) is 0 Å². The molecule has 13 atom stereocenters. The van der Waals surface area contributed by atoms with Crippen molar-refractivity contribution in [3.8, 4) is 0 Å². The highest BCUT2D eigenvalue weighted by molar-refractivity contribution is 6.01. The van der Waals surface area contributed by atoms with Crippen LogP contribution >= 0.6 is 0 Å². The third-order valence-corrected chi connectivity index (χ3v) is 12.1. The van der Waals surface area contributed by atoms with Crippen LogP contribution in [-0.2, 0) is 42.9 Å². The summed E-state index contributed by atoms with van der Waals surface area (Å²) in [6.45, 7) is 6.86. The molecule has 2 bridgehead atoms. The molecule has 0 amide bonds. The predicted molar refractivity (Wildman–Crippen MR) is 125 cm³/mol. The zero-order valence-corrected chi connectivity index (χ0v) is 22.5. The van der Waals surface area contributed by atoms with Gasteiger partial charge in [0.25, 0.3) is 0 Å². The molecule has 6 saturated heterocycles. The van der Waals surface area contributed by atoms with Gasteiger partial charge < -0.3 is 29.2 Å². The third kappa shape index (κ3) is 2.40. The maximum absolute atomic E-state index is 14.7. The summed E-state index contributed by atoms with van der Waals surface area (Å²) in [4.78, 5) is 53.9. The van der Waals surface area contributed by atoms with E-state index in [-0.39, 0.29) is 44.3 Å². The number of hydrogen-bond acceptors (Lipinski definition) is 11. The van der Waals surface area contributed by atoms with Crippen molar-refractivity contribution in [3.05, 3.63) is 0 Å². The van der Waals surface area contributed by atoms with Gasteiger partial charge in [-0.15, -0.1) is 0 Å². The van der Waals surface area contributed by atoms with Crippen LogP contribution in [0.1, 0.15) is 72.6 Å². The maximum Gasteiger partial charge on any atom is 0.311 e. The predicted octanol–water partition coefficient (Wildman–Crippen LogP) is 0.906. The van der Waals surface area contributed by atoms with E-state index in [1.807, 2.05) is 6.92 Å². The number of ether oxygens (including phenoxy) is 5. The van der Waals surface area contributed by atoms with Gasteiger partial charge in [-0.3, -0.25) is 23.9 Å². The van der Waals surface area contributed by atoms with Gasteiger partial charge in [-0.1, -0.05) is 20.8 Å². The van der Waals surface area contributed by atoms with Crippen molar-refractivity contribution < 1.29 is 53.1 Å². The minimum Gasteiger partial charge on any atom is -0.456 e. The first-order valence-corrected chi connectivity index (χ1v) is 14.2. The summed E-state index contributed by atoms with van der Waals surface area (Å²) in [5, 5.41) is 23.6. The first-order chi connectivity index (χ1) is 18.1. The van der Waals surface area contributed by atoms with Gasteiger partial charge in [0, 0.05) is 36.0 Å². The molecular weight excluding hydrogens is 512 g/mol. The van der Waals surface area contributed by atoms with Crippen molar-refractivity contribution in [2.24, 2.45) is 35.0 Å². The van der Waals surface area contributed by atoms with Crippen molar-refractivity contribution >= 4 is 23.5 Å². The largest absolute Gasteiger partial charge is 0.456 e. The number of esters is 2. The number of carbonyl (C=O) groups is 4. The van der Waals surface area contributed by atoms with E-state index in [9.17, 15) is 29.4 Å². The van der Waals surface area contributed by atoms with Gasteiger partial charge in [0.15, 0.2) is 11.4 Å². The lowest BCUT2D eigenvalue weighted by molar-refractivity contribution is -0.316. The van der Waals surface area contributed by atoms with E-state index in [1.165, 1.54) is 6.92 Å². The van der Waals surface area contributed by atoms with E-state index in [0.717, 1.165) is 0 Å². The normalized spacial score (nSPS) is 62.4. The molecule has 8 fully saturated rings. The summed E-state index contributed by atoms with van der Waals surface area (Å²) >= 11 is 0. The fraction of sp³-hybridized carbons (Fsp3) is 0.857. The van der Waals surface area contributed by atoms with Crippen LogP contribution in [0.4, 0.5) is 0 Å². The molecule has 0 aromatic carbocycles. The van der Waals surface area contributed by atoms with Crippen LogP contribution < -0.4 is 0 Å². The molecule has 2 saturated carbocycles. The zero-order valence-electron chi connectivity index (χ0n) is 22.5. The standard InChI is InChI=1S/C28H34O11/c1-12-10-27(37-20(12)31)17-13(2)19(30)22(3)7-8-24-11-25-14(23(4,33)35-15(25)9-16(29)36-25)5-6-26(24,34)21(32)28(38-24,39-27)18(17)22/h12-15,17-18,33-34H,5-11H2,1-4H3/t12-,13-,14-,15+,17-,18-,22-,23+,24-,25+,26+,27+,28+/m0/s1. The minimum atomic E-state index is -2.04. The maximum atomic E-state index is 14.7. The Hall–Kier alpha value is -1.92. The summed E-state index contributed by atoms with van der Waals surface area (Å²) in [6, 6.07) is 0. The monoisotopic (exact) mass is 546 g/mol. The Bertz CT molecular complexity index is 1280. The molecule has 6 heterocycles. The Morgan fingerprint density at radius 2 is 1.69 bits per heavy atom. The van der Waals surface area contributed by atoms with Gasteiger partial charge in [0.05, 0.1) is 18.3 Å². The zero-order chi connectivity index (χ0) is 27.8. The Labute approximate surface area is 224 Å². The van der Waals surface area contributed by atoms with Crippen molar-refractivity contribution in [2.45, 2.75) is 113 Å². The second kappa shape index (κ2) is 6.59. The quantitative estimate of drug-likeness (QED) is 0.417. The lowest BCUT2D eigenvalue weighted by Gasteiger charge is -2.43. The topological polar surface area (TPSA) is 155 Å². The van der Waals surface area contributed by atoms with Crippen LogP contribution in [0.5, 0.6) is 0 Å². The van der Waals surface area contributed by atoms with Crippen molar-refractivity contribution in [1.29, 1.82) is 0 Å². The highest BCUT2D eigenvalue weighted by atomic mass is 16.8. The molecule has 212 valence electrons. The number of fused-ring (bicyclic) bond motifs is 1. The molecule has 2 aliphatic carbocycles. The lowest BCUT2D eigenvalue weighted by Crippen LogP contribution is -2.60. The molecule has 11 heteroatoms. The molecule has 2 N–H and O–H groups in total. The molecule has 8 aliphatic rings. The van der Waals surface area contributed by atoms with E-state index in [4.69, 9.17) is 23.7 Å². The van der Waals surface area contributed by atoms with Crippen LogP contribution in [-0.4, -0.2) is 74.0 Å². The first kappa shape index (κ1) is 24.8. The molecule has 0 aromatic heterocycles. The molecule has 11 nitrogen and oxygen atoms in total. The molecule has 4 spiro atoms. The Morgan fingerprint density at radius 1 is 0.949 bits per heavy atom. The molecule has 39 heavy (non-hydrogen) atoms. The van der Waals surface area contributed by atoms with Crippen LogP contribution in [0.3, 0.4) is 0 Å². The van der Waals surface area contributed by atoms with Crippen molar-refractivity contribution in [3.63, 3.8) is 0 Å². The summed E-state index contributed by atoms with van der Waals surface area (Å²) in [5.41, 5.74) is -5.97. The molecule has 0 aromatic rings. The van der Waals surface area contributed by atoms with E-state index in [1.54, 1.807) is 13.8 Å². The average Bonchev–Trinajstić information content (AvgIpc) is 3.50. The first-order valence-electron chi connectivity index (χ1n) is 14.2. The lowest BCUT2D eigenvalue weighted by atomic mass is 9.61. The average molecular weight is 547 g/mol.